The first-order valence-electron chi connectivity index (χ1n) is 8.62. The standard InChI is InChI=1S/C20H21ClN2O3/c1-11-9-12(2)22-18(21)17(11)20(25)26-13(3)19(24)23-16-8-7-14-5-4-6-15(14)10-16/h7-10,13H,4-6H2,1-3H3,(H,23,24)/t13-/m0/s1. The van der Waals surface area contributed by atoms with Crippen LogP contribution in [0.15, 0.2) is 24.3 Å². The molecule has 0 unspecified atom stereocenters. The van der Waals surface area contributed by atoms with Crippen LogP contribution >= 0.6 is 11.6 Å². The van der Waals surface area contributed by atoms with Crippen molar-refractivity contribution in [2.45, 2.75) is 46.1 Å². The van der Waals surface area contributed by atoms with Gasteiger partial charge in [-0.05, 0) is 74.9 Å². The summed E-state index contributed by atoms with van der Waals surface area (Å²) in [6.07, 6.45) is 2.31. The van der Waals surface area contributed by atoms with Crippen molar-refractivity contribution in [3.63, 3.8) is 0 Å². The van der Waals surface area contributed by atoms with E-state index in [4.69, 9.17) is 16.3 Å². The average Bonchev–Trinajstić information content (AvgIpc) is 3.01. The van der Waals surface area contributed by atoms with E-state index in [1.54, 1.807) is 19.9 Å². The van der Waals surface area contributed by atoms with E-state index in [2.05, 4.69) is 10.3 Å². The Balaban J connectivity index is 1.67. The molecule has 0 aliphatic heterocycles. The highest BCUT2D eigenvalue weighted by atomic mass is 35.5. The fourth-order valence-corrected chi connectivity index (χ4v) is 3.56. The van der Waals surface area contributed by atoms with Crippen molar-refractivity contribution in [3.05, 3.63) is 57.4 Å². The van der Waals surface area contributed by atoms with Crippen molar-refractivity contribution in [3.8, 4) is 0 Å². The van der Waals surface area contributed by atoms with Gasteiger partial charge in [0, 0.05) is 11.4 Å². The molecule has 1 aliphatic carbocycles. The Kier molecular flexibility index (Phi) is 5.28. The monoisotopic (exact) mass is 372 g/mol. The zero-order valence-corrected chi connectivity index (χ0v) is 15.8. The number of pyridine rings is 1. The van der Waals surface area contributed by atoms with E-state index >= 15 is 0 Å². The Hall–Kier alpha value is -2.40. The summed E-state index contributed by atoms with van der Waals surface area (Å²) < 4.78 is 5.29. The molecule has 1 atom stereocenters. The van der Waals surface area contributed by atoms with Crippen LogP contribution in [0.2, 0.25) is 5.15 Å². The number of fused-ring (bicyclic) bond motifs is 1. The predicted molar refractivity (Wildman–Crippen MR) is 101 cm³/mol. The van der Waals surface area contributed by atoms with Crippen molar-refractivity contribution in [2.24, 2.45) is 0 Å². The molecule has 1 N–H and O–H groups in total. The van der Waals surface area contributed by atoms with Gasteiger partial charge in [0.05, 0.1) is 5.56 Å². The molecule has 1 amide bonds. The number of hydrogen-bond acceptors (Lipinski definition) is 4. The number of nitrogens with zero attached hydrogens (tertiary/aromatic N) is 1. The van der Waals surface area contributed by atoms with Crippen LogP contribution in [0.1, 0.15) is 46.1 Å². The number of nitrogens with one attached hydrogen (secondary N) is 1. The number of anilines is 1. The van der Waals surface area contributed by atoms with Gasteiger partial charge in [0.25, 0.3) is 5.91 Å². The van der Waals surface area contributed by atoms with Crippen molar-refractivity contribution in [1.82, 2.24) is 4.98 Å². The fourth-order valence-electron chi connectivity index (χ4n) is 3.20. The van der Waals surface area contributed by atoms with Crippen molar-refractivity contribution in [1.29, 1.82) is 0 Å². The third kappa shape index (κ3) is 3.88. The van der Waals surface area contributed by atoms with Crippen molar-refractivity contribution in [2.75, 3.05) is 5.32 Å². The minimum Gasteiger partial charge on any atom is -0.449 e. The molecule has 6 heteroatoms. The molecule has 2 aromatic rings. The Morgan fingerprint density at radius 3 is 2.65 bits per heavy atom. The predicted octanol–water partition coefficient (Wildman–Crippen LogP) is 4.02. The highest BCUT2D eigenvalue weighted by Crippen LogP contribution is 2.25. The Morgan fingerprint density at radius 2 is 1.92 bits per heavy atom. The second-order valence-corrected chi connectivity index (χ2v) is 6.98. The first-order chi connectivity index (χ1) is 12.3. The summed E-state index contributed by atoms with van der Waals surface area (Å²) in [5.41, 5.74) is 4.88. The van der Waals surface area contributed by atoms with E-state index in [-0.39, 0.29) is 16.6 Å². The molecular weight excluding hydrogens is 352 g/mol. The molecule has 136 valence electrons. The van der Waals surface area contributed by atoms with E-state index in [0.717, 1.165) is 19.3 Å². The topological polar surface area (TPSA) is 68.3 Å². The lowest BCUT2D eigenvalue weighted by Gasteiger charge is -2.15. The van der Waals surface area contributed by atoms with Gasteiger partial charge in [-0.2, -0.15) is 0 Å². The molecule has 0 radical (unpaired) electrons. The number of aryl methyl sites for hydroxylation is 4. The third-order valence-electron chi connectivity index (χ3n) is 4.52. The largest absolute Gasteiger partial charge is 0.449 e. The van der Waals surface area contributed by atoms with Gasteiger partial charge in [-0.1, -0.05) is 17.7 Å². The molecule has 26 heavy (non-hydrogen) atoms. The zero-order chi connectivity index (χ0) is 18.8. The second kappa shape index (κ2) is 7.46. The van der Waals surface area contributed by atoms with E-state index < -0.39 is 12.1 Å². The second-order valence-electron chi connectivity index (χ2n) is 6.62. The SMILES string of the molecule is Cc1cc(C)c(C(=O)O[C@@H](C)C(=O)Nc2ccc3c(c2)CCC3)c(Cl)n1. The van der Waals surface area contributed by atoms with Crippen LogP contribution in [0.3, 0.4) is 0 Å². The molecule has 0 saturated heterocycles. The van der Waals surface area contributed by atoms with Gasteiger partial charge in [-0.25, -0.2) is 9.78 Å². The molecule has 1 heterocycles. The maximum atomic E-state index is 12.4. The summed E-state index contributed by atoms with van der Waals surface area (Å²) >= 11 is 6.06. The van der Waals surface area contributed by atoms with Crippen molar-refractivity contribution < 1.29 is 14.3 Å². The lowest BCUT2D eigenvalue weighted by molar-refractivity contribution is -0.123. The molecule has 1 aromatic heterocycles. The molecule has 0 fully saturated rings. The molecule has 3 rings (SSSR count). The van der Waals surface area contributed by atoms with Gasteiger partial charge in [0.1, 0.15) is 5.15 Å². The van der Waals surface area contributed by atoms with Crippen LogP contribution in [0.4, 0.5) is 5.69 Å². The Labute approximate surface area is 157 Å². The first-order valence-corrected chi connectivity index (χ1v) is 9.00. The number of hydrogen-bond donors (Lipinski definition) is 1. The van der Waals surface area contributed by atoms with Gasteiger partial charge in [0.15, 0.2) is 6.10 Å². The number of amides is 1. The molecular formula is C20H21ClN2O3. The smallest absolute Gasteiger partial charge is 0.342 e. The minimum atomic E-state index is -0.951. The van der Waals surface area contributed by atoms with Gasteiger partial charge < -0.3 is 10.1 Å². The highest BCUT2D eigenvalue weighted by molar-refractivity contribution is 6.32. The lowest BCUT2D eigenvalue weighted by Crippen LogP contribution is -2.30. The van der Waals surface area contributed by atoms with Crippen LogP contribution in [0.25, 0.3) is 0 Å². The maximum Gasteiger partial charge on any atom is 0.342 e. The number of carbonyl (C=O) groups is 2. The quantitative estimate of drug-likeness (QED) is 0.650. The van der Waals surface area contributed by atoms with Gasteiger partial charge in [-0.3, -0.25) is 4.79 Å². The Morgan fingerprint density at radius 1 is 1.19 bits per heavy atom. The summed E-state index contributed by atoms with van der Waals surface area (Å²) in [5.74, 6) is -1.04. The highest BCUT2D eigenvalue weighted by Gasteiger charge is 2.23. The number of esters is 1. The normalized spacial score (nSPS) is 13.8. The number of halogens is 1. The summed E-state index contributed by atoms with van der Waals surface area (Å²) in [4.78, 5) is 28.8. The third-order valence-corrected chi connectivity index (χ3v) is 4.80. The minimum absolute atomic E-state index is 0.0822. The number of rotatable bonds is 4. The summed E-state index contributed by atoms with van der Waals surface area (Å²) in [7, 11) is 0. The fraction of sp³-hybridized carbons (Fsp3) is 0.350. The van der Waals surface area contributed by atoms with Crippen LogP contribution in [0, 0.1) is 13.8 Å². The van der Waals surface area contributed by atoms with E-state index in [9.17, 15) is 9.59 Å². The lowest BCUT2D eigenvalue weighted by atomic mass is 10.1. The number of carbonyl (C=O) groups excluding carboxylic acids is 2. The van der Waals surface area contributed by atoms with E-state index in [0.29, 0.717) is 16.9 Å². The maximum absolute atomic E-state index is 12.4. The van der Waals surface area contributed by atoms with E-state index in [1.165, 1.54) is 18.1 Å². The van der Waals surface area contributed by atoms with E-state index in [1.807, 2.05) is 18.2 Å². The Bertz CT molecular complexity index is 856. The zero-order valence-electron chi connectivity index (χ0n) is 15.1. The molecule has 1 aliphatic rings. The first kappa shape index (κ1) is 18.4. The summed E-state index contributed by atoms with van der Waals surface area (Å²) in [5, 5.41) is 2.88. The molecule has 0 spiro atoms. The number of ether oxygens (including phenoxy) is 1. The van der Waals surface area contributed by atoms with Crippen LogP contribution < -0.4 is 5.32 Å². The van der Waals surface area contributed by atoms with Crippen LogP contribution in [-0.4, -0.2) is 23.0 Å². The number of aromatic nitrogens is 1. The van der Waals surface area contributed by atoms with Gasteiger partial charge >= 0.3 is 5.97 Å². The average molecular weight is 373 g/mol. The van der Waals surface area contributed by atoms with Crippen LogP contribution in [0.5, 0.6) is 0 Å². The summed E-state index contributed by atoms with van der Waals surface area (Å²) in [6.45, 7) is 5.08. The molecule has 5 nitrogen and oxygen atoms in total. The number of benzene rings is 1. The molecule has 0 bridgehead atoms. The summed E-state index contributed by atoms with van der Waals surface area (Å²) in [6, 6.07) is 7.65. The van der Waals surface area contributed by atoms with Crippen molar-refractivity contribution >= 4 is 29.2 Å². The van der Waals surface area contributed by atoms with Gasteiger partial charge in [-0.15, -0.1) is 0 Å². The molecule has 0 saturated carbocycles. The van der Waals surface area contributed by atoms with Crippen LogP contribution in [-0.2, 0) is 22.4 Å². The molecule has 1 aromatic carbocycles. The van der Waals surface area contributed by atoms with Gasteiger partial charge in [0.2, 0.25) is 0 Å².